The second-order valence-corrected chi connectivity index (χ2v) is 6.05. The van der Waals surface area contributed by atoms with Crippen LogP contribution in [0.4, 0.5) is 0 Å². The second-order valence-electron chi connectivity index (χ2n) is 6.05. The van der Waals surface area contributed by atoms with Gasteiger partial charge in [-0.05, 0) is 37.1 Å². The Labute approximate surface area is 145 Å². The van der Waals surface area contributed by atoms with Gasteiger partial charge < -0.3 is 19.1 Å². The van der Waals surface area contributed by atoms with Gasteiger partial charge in [0.15, 0.2) is 11.5 Å². The summed E-state index contributed by atoms with van der Waals surface area (Å²) in [5.74, 6) is 1.30. The first-order valence-corrected chi connectivity index (χ1v) is 8.35. The lowest BCUT2D eigenvalue weighted by Gasteiger charge is -2.33. The first-order chi connectivity index (χ1) is 12.3. The molecule has 4 rings (SSSR count). The van der Waals surface area contributed by atoms with Crippen LogP contribution in [0.15, 0.2) is 36.8 Å². The summed E-state index contributed by atoms with van der Waals surface area (Å²) in [6.07, 6.45) is 4.93. The molecule has 0 N–H and O–H groups in total. The Morgan fingerprint density at radius 2 is 2.16 bits per heavy atom. The number of aromatic nitrogens is 2. The normalized spacial score (nSPS) is 19.0. The fraction of sp³-hybridized carbons (Fsp3) is 0.389. The number of carbonyl (C=O) groups is 1. The van der Waals surface area contributed by atoms with Gasteiger partial charge in [-0.2, -0.15) is 0 Å². The van der Waals surface area contributed by atoms with Gasteiger partial charge in [0.25, 0.3) is 5.91 Å². The molecule has 0 spiro atoms. The molecular formula is C18H19N3O4. The number of fused-ring (bicyclic) bond motifs is 1. The molecule has 1 atom stereocenters. The number of rotatable bonds is 4. The van der Waals surface area contributed by atoms with Crippen molar-refractivity contribution in [2.75, 3.05) is 26.5 Å². The minimum atomic E-state index is -0.00589. The van der Waals surface area contributed by atoms with E-state index in [4.69, 9.17) is 14.2 Å². The first kappa shape index (κ1) is 15.8. The Bertz CT molecular complexity index is 753. The summed E-state index contributed by atoms with van der Waals surface area (Å²) >= 11 is 0. The molecule has 25 heavy (non-hydrogen) atoms. The van der Waals surface area contributed by atoms with E-state index in [1.807, 2.05) is 11.0 Å². The summed E-state index contributed by atoms with van der Waals surface area (Å²) in [6.45, 7) is 1.93. The van der Waals surface area contributed by atoms with Crippen molar-refractivity contribution >= 4 is 5.91 Å². The van der Waals surface area contributed by atoms with Crippen LogP contribution in [0.25, 0.3) is 0 Å². The van der Waals surface area contributed by atoms with Gasteiger partial charge in [0.1, 0.15) is 6.33 Å². The molecule has 7 nitrogen and oxygen atoms in total. The van der Waals surface area contributed by atoms with Crippen molar-refractivity contribution in [2.24, 2.45) is 0 Å². The molecule has 2 aliphatic heterocycles. The average molecular weight is 341 g/mol. The number of benzene rings is 1. The van der Waals surface area contributed by atoms with Gasteiger partial charge in [-0.3, -0.25) is 4.79 Å². The maximum Gasteiger partial charge on any atom is 0.254 e. The van der Waals surface area contributed by atoms with Gasteiger partial charge >= 0.3 is 0 Å². The predicted molar refractivity (Wildman–Crippen MR) is 88.6 cm³/mol. The summed E-state index contributed by atoms with van der Waals surface area (Å²) in [5.41, 5.74) is 1.60. The molecular weight excluding hydrogens is 322 g/mol. The fourth-order valence-electron chi connectivity index (χ4n) is 3.07. The third-order valence-electron chi connectivity index (χ3n) is 4.41. The van der Waals surface area contributed by atoms with E-state index in [9.17, 15) is 4.79 Å². The third-order valence-corrected chi connectivity index (χ3v) is 4.41. The highest BCUT2D eigenvalue weighted by atomic mass is 16.7. The van der Waals surface area contributed by atoms with Crippen LogP contribution in [0, 0.1) is 0 Å². The summed E-state index contributed by atoms with van der Waals surface area (Å²) in [6, 6.07) is 7.21. The molecule has 1 aromatic carbocycles. The molecule has 7 heteroatoms. The molecule has 1 aromatic heterocycles. The van der Waals surface area contributed by atoms with E-state index in [2.05, 4.69) is 9.97 Å². The van der Waals surface area contributed by atoms with Crippen LogP contribution >= 0.6 is 0 Å². The molecule has 2 aromatic rings. The SMILES string of the molecule is O=C(c1ccc2c(c1)OCO2)N1CCO[C@@H](CCc2ccncn2)C1. The molecule has 0 saturated carbocycles. The van der Waals surface area contributed by atoms with Crippen LogP contribution in [0.1, 0.15) is 22.5 Å². The van der Waals surface area contributed by atoms with Crippen molar-refractivity contribution in [3.8, 4) is 11.5 Å². The number of morpholine rings is 1. The van der Waals surface area contributed by atoms with Gasteiger partial charge in [0.2, 0.25) is 6.79 Å². The Hall–Kier alpha value is -2.67. The fourth-order valence-corrected chi connectivity index (χ4v) is 3.07. The van der Waals surface area contributed by atoms with Crippen molar-refractivity contribution in [3.05, 3.63) is 48.0 Å². The Morgan fingerprint density at radius 3 is 3.04 bits per heavy atom. The van der Waals surface area contributed by atoms with Gasteiger partial charge in [-0.1, -0.05) is 0 Å². The number of carbonyl (C=O) groups excluding carboxylic acids is 1. The molecule has 1 saturated heterocycles. The number of hydrogen-bond donors (Lipinski definition) is 0. The second kappa shape index (κ2) is 7.06. The first-order valence-electron chi connectivity index (χ1n) is 8.35. The number of aryl methyl sites for hydroxylation is 1. The summed E-state index contributed by atoms with van der Waals surface area (Å²) in [7, 11) is 0. The van der Waals surface area contributed by atoms with Crippen LogP contribution in [0.2, 0.25) is 0 Å². The van der Waals surface area contributed by atoms with Gasteiger partial charge in [-0.25, -0.2) is 9.97 Å². The molecule has 0 bridgehead atoms. The summed E-state index contributed by atoms with van der Waals surface area (Å²) in [4.78, 5) is 22.8. The lowest BCUT2D eigenvalue weighted by atomic mass is 10.1. The maximum atomic E-state index is 12.8. The highest BCUT2D eigenvalue weighted by Crippen LogP contribution is 2.33. The highest BCUT2D eigenvalue weighted by molar-refractivity contribution is 5.95. The molecule has 1 fully saturated rings. The van der Waals surface area contributed by atoms with Gasteiger partial charge in [0, 0.05) is 30.5 Å². The molecule has 2 aliphatic rings. The van der Waals surface area contributed by atoms with Crippen LogP contribution in [-0.2, 0) is 11.2 Å². The van der Waals surface area contributed by atoms with Crippen LogP contribution in [0.3, 0.4) is 0 Å². The van der Waals surface area contributed by atoms with E-state index in [0.29, 0.717) is 36.8 Å². The smallest absolute Gasteiger partial charge is 0.254 e. The van der Waals surface area contributed by atoms with E-state index in [0.717, 1.165) is 18.5 Å². The van der Waals surface area contributed by atoms with Crippen LogP contribution in [-0.4, -0.2) is 53.4 Å². The molecule has 0 unspecified atom stereocenters. The average Bonchev–Trinajstić information content (AvgIpc) is 3.14. The highest BCUT2D eigenvalue weighted by Gasteiger charge is 2.26. The number of nitrogens with zero attached hydrogens (tertiary/aromatic N) is 3. The van der Waals surface area contributed by atoms with E-state index < -0.39 is 0 Å². The number of amides is 1. The van der Waals surface area contributed by atoms with Gasteiger partial charge in [0.05, 0.1) is 12.7 Å². The third kappa shape index (κ3) is 3.56. The maximum absolute atomic E-state index is 12.8. The zero-order valence-electron chi connectivity index (χ0n) is 13.8. The van der Waals surface area contributed by atoms with E-state index >= 15 is 0 Å². The van der Waals surface area contributed by atoms with Crippen molar-refractivity contribution in [1.82, 2.24) is 14.9 Å². The van der Waals surface area contributed by atoms with Crippen molar-refractivity contribution in [1.29, 1.82) is 0 Å². The molecule has 3 heterocycles. The lowest BCUT2D eigenvalue weighted by molar-refractivity contribution is -0.0247. The topological polar surface area (TPSA) is 73.8 Å². The van der Waals surface area contributed by atoms with Crippen molar-refractivity contribution in [2.45, 2.75) is 18.9 Å². The number of hydrogen-bond acceptors (Lipinski definition) is 6. The summed E-state index contributed by atoms with van der Waals surface area (Å²) < 4.78 is 16.5. The summed E-state index contributed by atoms with van der Waals surface area (Å²) in [5, 5.41) is 0. The van der Waals surface area contributed by atoms with E-state index in [-0.39, 0.29) is 18.8 Å². The largest absolute Gasteiger partial charge is 0.454 e. The van der Waals surface area contributed by atoms with Crippen LogP contribution < -0.4 is 9.47 Å². The molecule has 0 aliphatic carbocycles. The Balaban J connectivity index is 1.38. The zero-order chi connectivity index (χ0) is 17.1. The Morgan fingerprint density at radius 1 is 1.24 bits per heavy atom. The van der Waals surface area contributed by atoms with E-state index in [1.165, 1.54) is 0 Å². The van der Waals surface area contributed by atoms with E-state index in [1.54, 1.807) is 30.7 Å². The standard InChI is InChI=1S/C18H19N3O4/c22-18(13-1-4-16-17(9-13)25-12-24-16)21-7-8-23-15(10-21)3-2-14-5-6-19-11-20-14/h1,4-6,9,11,15H,2-3,7-8,10,12H2/t15-/m0/s1. The van der Waals surface area contributed by atoms with Crippen LogP contribution in [0.5, 0.6) is 11.5 Å². The van der Waals surface area contributed by atoms with Gasteiger partial charge in [-0.15, -0.1) is 0 Å². The minimum Gasteiger partial charge on any atom is -0.454 e. The quantitative estimate of drug-likeness (QED) is 0.842. The molecule has 1 amide bonds. The zero-order valence-corrected chi connectivity index (χ0v) is 13.8. The predicted octanol–water partition coefficient (Wildman–Crippen LogP) is 1.68. The Kier molecular flexibility index (Phi) is 4.47. The molecule has 0 radical (unpaired) electrons. The van der Waals surface area contributed by atoms with Crippen molar-refractivity contribution in [3.63, 3.8) is 0 Å². The van der Waals surface area contributed by atoms with Crippen molar-refractivity contribution < 1.29 is 19.0 Å². The monoisotopic (exact) mass is 341 g/mol. The molecule has 130 valence electrons. The lowest BCUT2D eigenvalue weighted by Crippen LogP contribution is -2.45. The number of ether oxygens (including phenoxy) is 3. The minimum absolute atomic E-state index is 0.00589.